The number of piperidine rings is 1. The third-order valence-electron chi connectivity index (χ3n) is 5.77. The van der Waals surface area contributed by atoms with Gasteiger partial charge in [0.1, 0.15) is 0 Å². The van der Waals surface area contributed by atoms with E-state index in [-0.39, 0.29) is 29.0 Å². The van der Waals surface area contributed by atoms with Crippen LogP contribution in [0.2, 0.25) is 0 Å². The lowest BCUT2D eigenvalue weighted by atomic mass is 9.61. The molecule has 3 aliphatic rings. The van der Waals surface area contributed by atoms with E-state index in [1.54, 1.807) is 12.1 Å². The van der Waals surface area contributed by atoms with Gasteiger partial charge in [-0.1, -0.05) is 0 Å². The molecule has 0 aromatic carbocycles. The average Bonchev–Trinajstić information content (AvgIpc) is 2.56. The van der Waals surface area contributed by atoms with E-state index in [1.807, 2.05) is 4.90 Å². The van der Waals surface area contributed by atoms with Crippen LogP contribution in [0.3, 0.4) is 0 Å². The maximum Gasteiger partial charge on any atom is 0.269 e. The van der Waals surface area contributed by atoms with E-state index >= 15 is 0 Å². The average molecular weight is 345 g/mol. The van der Waals surface area contributed by atoms with E-state index in [0.29, 0.717) is 5.82 Å². The zero-order chi connectivity index (χ0) is 17.6. The molecule has 0 unspecified atom stereocenters. The molecule has 3 heterocycles. The zero-order valence-corrected chi connectivity index (χ0v) is 14.1. The number of aliphatic hydroxyl groups is 1. The van der Waals surface area contributed by atoms with Crippen LogP contribution in [0.15, 0.2) is 12.1 Å². The Morgan fingerprint density at radius 3 is 2.36 bits per heavy atom. The lowest BCUT2D eigenvalue weighted by Crippen LogP contribution is -2.66. The summed E-state index contributed by atoms with van der Waals surface area (Å²) in [5.41, 5.74) is 5.54. The van der Waals surface area contributed by atoms with Gasteiger partial charge in [0.15, 0.2) is 11.5 Å². The summed E-state index contributed by atoms with van der Waals surface area (Å²) in [6.07, 6.45) is 3.11. The van der Waals surface area contributed by atoms with Crippen molar-refractivity contribution in [2.24, 2.45) is 17.1 Å². The van der Waals surface area contributed by atoms with Gasteiger partial charge in [-0.15, -0.1) is 10.2 Å². The number of hydrogen-bond acceptors (Lipinski definition) is 6. The van der Waals surface area contributed by atoms with Gasteiger partial charge < -0.3 is 20.6 Å². The number of carbonyl (C=O) groups is 2. The Morgan fingerprint density at radius 2 is 1.84 bits per heavy atom. The Bertz CT molecular complexity index is 670. The number of amides is 2. The van der Waals surface area contributed by atoms with Crippen LogP contribution < -0.4 is 10.6 Å². The number of aliphatic hydroxyl groups excluding tert-OH is 1. The quantitative estimate of drug-likeness (QED) is 0.783. The highest BCUT2D eigenvalue weighted by molar-refractivity contribution is 5.90. The molecule has 1 aromatic rings. The molecular formula is C17H23N5O3. The van der Waals surface area contributed by atoms with Crippen molar-refractivity contribution in [1.82, 2.24) is 15.1 Å². The molecule has 4 rings (SSSR count). The number of anilines is 1. The van der Waals surface area contributed by atoms with Gasteiger partial charge in [0.25, 0.3) is 5.91 Å². The maximum absolute atomic E-state index is 12.6. The van der Waals surface area contributed by atoms with E-state index in [9.17, 15) is 14.7 Å². The Kier molecular flexibility index (Phi) is 3.87. The summed E-state index contributed by atoms with van der Waals surface area (Å²) >= 11 is 0. The molecule has 8 heteroatoms. The Labute approximate surface area is 146 Å². The molecule has 25 heavy (non-hydrogen) atoms. The first kappa shape index (κ1) is 16.3. The fourth-order valence-electron chi connectivity index (χ4n) is 4.36. The number of rotatable bonds is 3. The summed E-state index contributed by atoms with van der Waals surface area (Å²) in [5.74, 6) is 0.440. The Balaban J connectivity index is 1.28. The standard InChI is InChI=1S/C17H23N5O3/c18-15(24)13-1-2-14(20-19-13)21-5-3-11(4-6-21)16(25)22-9-17(10-22)7-12(23)8-17/h1-2,11-12,23H,3-10H2,(H2,18,24). The topological polar surface area (TPSA) is 113 Å². The van der Waals surface area contributed by atoms with Crippen LogP contribution in [0.25, 0.3) is 0 Å². The molecule has 1 saturated carbocycles. The maximum atomic E-state index is 12.6. The molecule has 134 valence electrons. The van der Waals surface area contributed by atoms with Crippen LogP contribution in [0.1, 0.15) is 36.2 Å². The number of likely N-dealkylation sites (tertiary alicyclic amines) is 1. The normalized spacial score (nSPS) is 23.2. The van der Waals surface area contributed by atoms with E-state index in [0.717, 1.165) is 51.9 Å². The number of nitrogens with zero attached hydrogens (tertiary/aromatic N) is 4. The molecule has 8 nitrogen and oxygen atoms in total. The third kappa shape index (κ3) is 2.95. The van der Waals surface area contributed by atoms with E-state index in [2.05, 4.69) is 15.1 Å². The first-order valence-corrected chi connectivity index (χ1v) is 8.81. The molecule has 1 aliphatic carbocycles. The van der Waals surface area contributed by atoms with Crippen LogP contribution in [0, 0.1) is 11.3 Å². The molecule has 0 atom stereocenters. The summed E-state index contributed by atoms with van der Waals surface area (Å²) in [6.45, 7) is 3.11. The van der Waals surface area contributed by atoms with Gasteiger partial charge in [-0.05, 0) is 37.8 Å². The first-order chi connectivity index (χ1) is 12.0. The summed E-state index contributed by atoms with van der Waals surface area (Å²) in [6, 6.07) is 3.32. The number of nitrogens with two attached hydrogens (primary N) is 1. The van der Waals surface area contributed by atoms with Gasteiger partial charge in [0.2, 0.25) is 5.91 Å². The molecule has 2 saturated heterocycles. The fourth-order valence-corrected chi connectivity index (χ4v) is 4.36. The van der Waals surface area contributed by atoms with Gasteiger partial charge in [-0.3, -0.25) is 9.59 Å². The Morgan fingerprint density at radius 1 is 1.16 bits per heavy atom. The van der Waals surface area contributed by atoms with Crippen molar-refractivity contribution in [2.45, 2.75) is 31.8 Å². The second-order valence-electron chi connectivity index (χ2n) is 7.66. The van der Waals surface area contributed by atoms with Crippen molar-refractivity contribution < 1.29 is 14.7 Å². The molecule has 0 bridgehead atoms. The van der Waals surface area contributed by atoms with Gasteiger partial charge in [-0.25, -0.2) is 0 Å². The van der Waals surface area contributed by atoms with E-state index < -0.39 is 5.91 Å². The van der Waals surface area contributed by atoms with Crippen molar-refractivity contribution in [3.8, 4) is 0 Å². The molecule has 1 spiro atoms. The van der Waals surface area contributed by atoms with Crippen LogP contribution in [-0.4, -0.2) is 64.3 Å². The second-order valence-corrected chi connectivity index (χ2v) is 7.66. The van der Waals surface area contributed by atoms with Crippen LogP contribution in [0.5, 0.6) is 0 Å². The summed E-state index contributed by atoms with van der Waals surface area (Å²) in [5, 5.41) is 17.4. The van der Waals surface area contributed by atoms with E-state index in [1.165, 1.54) is 0 Å². The molecule has 0 radical (unpaired) electrons. The summed E-state index contributed by atoms with van der Waals surface area (Å²) < 4.78 is 0. The lowest BCUT2D eigenvalue weighted by molar-refractivity contribution is -0.167. The monoisotopic (exact) mass is 345 g/mol. The van der Waals surface area contributed by atoms with Crippen molar-refractivity contribution in [1.29, 1.82) is 0 Å². The van der Waals surface area contributed by atoms with Crippen molar-refractivity contribution in [3.63, 3.8) is 0 Å². The second kappa shape index (κ2) is 5.94. The van der Waals surface area contributed by atoms with Crippen LogP contribution in [0.4, 0.5) is 5.82 Å². The molecule has 2 aliphatic heterocycles. The highest BCUT2D eigenvalue weighted by Gasteiger charge is 2.53. The highest BCUT2D eigenvalue weighted by Crippen LogP contribution is 2.48. The van der Waals surface area contributed by atoms with Gasteiger partial charge in [-0.2, -0.15) is 0 Å². The predicted octanol–water partition coefficient (Wildman–Crippen LogP) is -0.225. The number of hydrogen-bond donors (Lipinski definition) is 2. The summed E-state index contributed by atoms with van der Waals surface area (Å²) in [7, 11) is 0. The van der Waals surface area contributed by atoms with Gasteiger partial charge in [0, 0.05) is 37.5 Å². The highest BCUT2D eigenvalue weighted by atomic mass is 16.3. The minimum absolute atomic E-state index is 0.0662. The number of aromatic nitrogens is 2. The third-order valence-corrected chi connectivity index (χ3v) is 5.77. The fraction of sp³-hybridized carbons (Fsp3) is 0.647. The van der Waals surface area contributed by atoms with Gasteiger partial charge >= 0.3 is 0 Å². The summed E-state index contributed by atoms with van der Waals surface area (Å²) in [4.78, 5) is 27.7. The smallest absolute Gasteiger partial charge is 0.269 e. The molecule has 3 fully saturated rings. The van der Waals surface area contributed by atoms with Crippen LogP contribution in [-0.2, 0) is 4.79 Å². The predicted molar refractivity (Wildman–Crippen MR) is 89.7 cm³/mol. The number of carbonyl (C=O) groups excluding carboxylic acids is 2. The minimum atomic E-state index is -0.588. The van der Waals surface area contributed by atoms with Crippen molar-refractivity contribution in [3.05, 3.63) is 17.8 Å². The molecule has 3 N–H and O–H groups in total. The minimum Gasteiger partial charge on any atom is -0.393 e. The molecule has 1 aromatic heterocycles. The van der Waals surface area contributed by atoms with Crippen molar-refractivity contribution in [2.75, 3.05) is 31.1 Å². The van der Waals surface area contributed by atoms with Gasteiger partial charge in [0.05, 0.1) is 6.10 Å². The largest absolute Gasteiger partial charge is 0.393 e. The zero-order valence-electron chi connectivity index (χ0n) is 14.1. The van der Waals surface area contributed by atoms with Crippen LogP contribution >= 0.6 is 0 Å². The van der Waals surface area contributed by atoms with Crippen molar-refractivity contribution >= 4 is 17.6 Å². The molecule has 2 amide bonds. The van der Waals surface area contributed by atoms with E-state index in [4.69, 9.17) is 5.73 Å². The molecular weight excluding hydrogens is 322 g/mol. The Hall–Kier alpha value is -2.22. The SMILES string of the molecule is NC(=O)c1ccc(N2CCC(C(=O)N3CC4(CC(O)C4)C3)CC2)nn1. The first-order valence-electron chi connectivity index (χ1n) is 8.81. The number of primary amides is 1. The lowest BCUT2D eigenvalue weighted by Gasteiger charge is -2.58.